The topological polar surface area (TPSA) is 35.7 Å². The van der Waals surface area contributed by atoms with Crippen LogP contribution in [-0.2, 0) is 0 Å². The Balaban J connectivity index is 1.61. The van der Waals surface area contributed by atoms with Gasteiger partial charge in [0.2, 0.25) is 0 Å². The molecule has 0 spiro atoms. The van der Waals surface area contributed by atoms with E-state index in [9.17, 15) is 0 Å². The Kier molecular flexibility index (Phi) is 3.87. The van der Waals surface area contributed by atoms with Gasteiger partial charge in [-0.1, -0.05) is 0 Å². The predicted molar refractivity (Wildman–Crippen MR) is 83.9 cm³/mol. The lowest BCUT2D eigenvalue weighted by Gasteiger charge is -2.48. The average molecular weight is 280 g/mol. The van der Waals surface area contributed by atoms with Gasteiger partial charge in [-0.05, 0) is 40.0 Å². The van der Waals surface area contributed by atoms with E-state index in [1.807, 2.05) is 0 Å². The van der Waals surface area contributed by atoms with E-state index < -0.39 is 0 Å². The SMILES string of the molecule is CC(C)(C)N1CCN(C2(CN)CCN(C3CC3)C2)CC1. The fourth-order valence-electron chi connectivity index (χ4n) is 4.04. The third-order valence-corrected chi connectivity index (χ3v) is 5.70. The molecule has 2 heterocycles. The third-order valence-electron chi connectivity index (χ3n) is 5.70. The summed E-state index contributed by atoms with van der Waals surface area (Å²) in [5.41, 5.74) is 6.79. The van der Waals surface area contributed by atoms with Crippen LogP contribution in [-0.4, -0.2) is 77.6 Å². The first-order valence-corrected chi connectivity index (χ1v) is 8.39. The highest BCUT2D eigenvalue weighted by molar-refractivity contribution is 5.04. The minimum Gasteiger partial charge on any atom is -0.329 e. The summed E-state index contributed by atoms with van der Waals surface area (Å²) >= 11 is 0. The second kappa shape index (κ2) is 5.24. The predicted octanol–water partition coefficient (Wildman–Crippen LogP) is 0.968. The van der Waals surface area contributed by atoms with Gasteiger partial charge in [0.05, 0.1) is 0 Å². The second-order valence-electron chi connectivity index (χ2n) is 8.03. The molecule has 1 atom stereocenters. The number of nitrogens with zero attached hydrogens (tertiary/aromatic N) is 3. The van der Waals surface area contributed by atoms with Gasteiger partial charge in [-0.15, -0.1) is 0 Å². The number of nitrogens with two attached hydrogens (primary N) is 1. The summed E-state index contributed by atoms with van der Waals surface area (Å²) in [4.78, 5) is 8.02. The molecule has 0 radical (unpaired) electrons. The van der Waals surface area contributed by atoms with E-state index in [2.05, 4.69) is 35.5 Å². The van der Waals surface area contributed by atoms with Crippen LogP contribution in [0.2, 0.25) is 0 Å². The van der Waals surface area contributed by atoms with Crippen LogP contribution in [0.25, 0.3) is 0 Å². The summed E-state index contributed by atoms with van der Waals surface area (Å²) in [5.74, 6) is 0. The molecule has 1 saturated carbocycles. The van der Waals surface area contributed by atoms with Crippen molar-refractivity contribution in [2.45, 2.75) is 57.2 Å². The van der Waals surface area contributed by atoms with Crippen molar-refractivity contribution in [2.24, 2.45) is 5.73 Å². The summed E-state index contributed by atoms with van der Waals surface area (Å²) in [6.45, 7) is 15.0. The molecular weight excluding hydrogens is 248 g/mol. The van der Waals surface area contributed by atoms with Crippen LogP contribution in [0.1, 0.15) is 40.0 Å². The molecule has 0 aromatic rings. The molecule has 4 heteroatoms. The van der Waals surface area contributed by atoms with Gasteiger partial charge in [-0.25, -0.2) is 0 Å². The molecule has 4 nitrogen and oxygen atoms in total. The van der Waals surface area contributed by atoms with Gasteiger partial charge in [-0.3, -0.25) is 14.7 Å². The first kappa shape index (κ1) is 14.8. The number of hydrogen-bond acceptors (Lipinski definition) is 4. The van der Waals surface area contributed by atoms with Crippen LogP contribution in [0.5, 0.6) is 0 Å². The number of hydrogen-bond donors (Lipinski definition) is 1. The average Bonchev–Trinajstić information content (AvgIpc) is 3.18. The first-order valence-electron chi connectivity index (χ1n) is 8.39. The normalized spacial score (nSPS) is 34.8. The molecule has 3 fully saturated rings. The molecule has 3 aliphatic rings. The Hall–Kier alpha value is -0.160. The fraction of sp³-hybridized carbons (Fsp3) is 1.00. The van der Waals surface area contributed by atoms with Crippen LogP contribution < -0.4 is 5.73 Å². The minimum atomic E-state index is 0.270. The van der Waals surface area contributed by atoms with Gasteiger partial charge in [-0.2, -0.15) is 0 Å². The van der Waals surface area contributed by atoms with Crippen molar-refractivity contribution < 1.29 is 0 Å². The monoisotopic (exact) mass is 280 g/mol. The summed E-state index contributed by atoms with van der Waals surface area (Å²) in [6, 6.07) is 0.888. The van der Waals surface area contributed by atoms with E-state index in [0.29, 0.717) is 5.54 Å². The van der Waals surface area contributed by atoms with Crippen molar-refractivity contribution in [3.05, 3.63) is 0 Å². The molecule has 116 valence electrons. The van der Waals surface area contributed by atoms with Crippen molar-refractivity contribution in [3.8, 4) is 0 Å². The first-order chi connectivity index (χ1) is 9.44. The maximum absolute atomic E-state index is 6.22. The molecule has 20 heavy (non-hydrogen) atoms. The Labute approximate surface area is 124 Å². The Bertz CT molecular complexity index is 339. The largest absolute Gasteiger partial charge is 0.329 e. The number of likely N-dealkylation sites (tertiary alicyclic amines) is 1. The maximum Gasteiger partial charge on any atom is 0.0471 e. The maximum atomic E-state index is 6.22. The molecule has 3 rings (SSSR count). The standard InChI is InChI=1S/C16H32N4/c1-15(2,3)19-8-10-20(11-9-19)16(12-17)6-7-18(13-16)14-4-5-14/h14H,4-13,17H2,1-3H3. The van der Waals surface area contributed by atoms with Gasteiger partial charge in [0, 0.05) is 62.9 Å². The zero-order valence-corrected chi connectivity index (χ0v) is 13.6. The highest BCUT2D eigenvalue weighted by Gasteiger charge is 2.46. The lowest BCUT2D eigenvalue weighted by molar-refractivity contribution is 0.00720. The van der Waals surface area contributed by atoms with Gasteiger partial charge in [0.1, 0.15) is 0 Å². The van der Waals surface area contributed by atoms with Crippen LogP contribution in [0, 0.1) is 0 Å². The van der Waals surface area contributed by atoms with E-state index >= 15 is 0 Å². The lowest BCUT2D eigenvalue weighted by Crippen LogP contribution is -2.63. The summed E-state index contributed by atoms with van der Waals surface area (Å²) in [7, 11) is 0. The molecule has 2 aliphatic heterocycles. The molecule has 0 bridgehead atoms. The van der Waals surface area contributed by atoms with E-state index in [-0.39, 0.29) is 5.54 Å². The molecule has 1 unspecified atom stereocenters. The van der Waals surface area contributed by atoms with Gasteiger partial charge in [0.25, 0.3) is 0 Å². The third kappa shape index (κ3) is 2.76. The number of piperazine rings is 1. The fourth-order valence-corrected chi connectivity index (χ4v) is 4.04. The highest BCUT2D eigenvalue weighted by Crippen LogP contribution is 2.36. The zero-order valence-electron chi connectivity index (χ0n) is 13.6. The van der Waals surface area contributed by atoms with Crippen molar-refractivity contribution in [2.75, 3.05) is 45.8 Å². The summed E-state index contributed by atoms with van der Waals surface area (Å²) in [6.07, 6.45) is 4.10. The molecule has 2 N–H and O–H groups in total. The minimum absolute atomic E-state index is 0.270. The van der Waals surface area contributed by atoms with Crippen molar-refractivity contribution >= 4 is 0 Å². The smallest absolute Gasteiger partial charge is 0.0471 e. The van der Waals surface area contributed by atoms with Crippen molar-refractivity contribution in [3.63, 3.8) is 0 Å². The van der Waals surface area contributed by atoms with Crippen LogP contribution in [0.15, 0.2) is 0 Å². The molecule has 0 aromatic carbocycles. The van der Waals surface area contributed by atoms with E-state index in [0.717, 1.165) is 12.6 Å². The molecular formula is C16H32N4. The molecule has 0 amide bonds. The Morgan fingerprint density at radius 2 is 1.70 bits per heavy atom. The Morgan fingerprint density at radius 3 is 2.20 bits per heavy atom. The molecule has 2 saturated heterocycles. The van der Waals surface area contributed by atoms with Gasteiger partial charge < -0.3 is 5.73 Å². The van der Waals surface area contributed by atoms with E-state index in [4.69, 9.17) is 5.73 Å². The van der Waals surface area contributed by atoms with E-state index in [1.165, 1.54) is 58.5 Å². The quantitative estimate of drug-likeness (QED) is 0.835. The summed E-state index contributed by atoms with van der Waals surface area (Å²) < 4.78 is 0. The van der Waals surface area contributed by atoms with E-state index in [1.54, 1.807) is 0 Å². The van der Waals surface area contributed by atoms with Gasteiger partial charge >= 0.3 is 0 Å². The number of rotatable bonds is 3. The molecule has 1 aliphatic carbocycles. The van der Waals surface area contributed by atoms with Gasteiger partial charge in [0.15, 0.2) is 0 Å². The van der Waals surface area contributed by atoms with Crippen LogP contribution in [0.4, 0.5) is 0 Å². The van der Waals surface area contributed by atoms with Crippen molar-refractivity contribution in [1.29, 1.82) is 0 Å². The lowest BCUT2D eigenvalue weighted by atomic mass is 9.94. The van der Waals surface area contributed by atoms with Crippen LogP contribution in [0.3, 0.4) is 0 Å². The highest BCUT2D eigenvalue weighted by atomic mass is 15.4. The van der Waals surface area contributed by atoms with Crippen LogP contribution >= 0.6 is 0 Å². The second-order valence-corrected chi connectivity index (χ2v) is 8.03. The molecule has 0 aromatic heterocycles. The van der Waals surface area contributed by atoms with Crippen molar-refractivity contribution in [1.82, 2.24) is 14.7 Å². The Morgan fingerprint density at radius 1 is 1.05 bits per heavy atom. The summed E-state index contributed by atoms with van der Waals surface area (Å²) in [5, 5.41) is 0. The zero-order chi connectivity index (χ0) is 14.4.